The Balaban J connectivity index is 1.47. The van der Waals surface area contributed by atoms with Crippen LogP contribution in [0.15, 0.2) is 24.3 Å². The lowest BCUT2D eigenvalue weighted by atomic mass is 9.74. The van der Waals surface area contributed by atoms with E-state index in [-0.39, 0.29) is 28.9 Å². The van der Waals surface area contributed by atoms with Crippen LogP contribution in [0.1, 0.15) is 38.2 Å². The zero-order valence-corrected chi connectivity index (χ0v) is 16.8. The van der Waals surface area contributed by atoms with Crippen LogP contribution < -0.4 is 5.32 Å². The Kier molecular flexibility index (Phi) is 5.82. The molecule has 3 rings (SSSR count). The van der Waals surface area contributed by atoms with Gasteiger partial charge in [0.05, 0.1) is 11.5 Å². The fourth-order valence-electron chi connectivity index (χ4n) is 3.83. The number of likely N-dealkylation sites (tertiary alicyclic amines) is 1. The number of urea groups is 1. The normalized spacial score (nSPS) is 22.8. The second kappa shape index (κ2) is 7.77. The molecule has 0 aliphatic carbocycles. The van der Waals surface area contributed by atoms with Crippen LogP contribution in [0.3, 0.4) is 0 Å². The summed E-state index contributed by atoms with van der Waals surface area (Å²) >= 11 is 5.98. The Morgan fingerprint density at radius 1 is 1.19 bits per heavy atom. The fourth-order valence-corrected chi connectivity index (χ4v) is 5.55. The van der Waals surface area contributed by atoms with Crippen molar-refractivity contribution in [3.63, 3.8) is 0 Å². The lowest BCUT2D eigenvalue weighted by Gasteiger charge is -2.40. The molecule has 0 spiro atoms. The Hall–Kier alpha value is -1.27. The van der Waals surface area contributed by atoms with E-state index in [9.17, 15) is 13.2 Å². The van der Waals surface area contributed by atoms with Crippen LogP contribution in [0, 0.1) is 5.92 Å². The van der Waals surface area contributed by atoms with Gasteiger partial charge in [-0.25, -0.2) is 13.2 Å². The topological polar surface area (TPSA) is 66.5 Å². The molecule has 0 radical (unpaired) electrons. The smallest absolute Gasteiger partial charge is 0.317 e. The van der Waals surface area contributed by atoms with E-state index >= 15 is 0 Å². The first-order chi connectivity index (χ1) is 12.3. The van der Waals surface area contributed by atoms with Crippen molar-refractivity contribution >= 4 is 27.5 Å². The number of sulfone groups is 1. The van der Waals surface area contributed by atoms with Crippen molar-refractivity contribution in [2.45, 2.75) is 38.0 Å². The van der Waals surface area contributed by atoms with Gasteiger partial charge in [-0.15, -0.1) is 0 Å². The van der Waals surface area contributed by atoms with E-state index < -0.39 is 9.84 Å². The molecule has 1 aromatic rings. The minimum absolute atomic E-state index is 0.0309. The summed E-state index contributed by atoms with van der Waals surface area (Å²) in [4.78, 5) is 14.3. The van der Waals surface area contributed by atoms with Gasteiger partial charge < -0.3 is 10.2 Å². The summed E-state index contributed by atoms with van der Waals surface area (Å²) in [5.74, 6) is 0.763. The van der Waals surface area contributed by atoms with Gasteiger partial charge in [0.2, 0.25) is 0 Å². The Bertz CT molecular complexity index is 727. The van der Waals surface area contributed by atoms with E-state index in [4.69, 9.17) is 11.6 Å². The molecule has 5 nitrogen and oxygen atoms in total. The molecule has 26 heavy (non-hydrogen) atoms. The minimum atomic E-state index is -2.85. The molecule has 0 unspecified atom stereocenters. The van der Waals surface area contributed by atoms with Gasteiger partial charge >= 0.3 is 6.03 Å². The quantitative estimate of drug-likeness (QED) is 0.849. The first kappa shape index (κ1) is 19.5. The van der Waals surface area contributed by atoms with E-state index in [2.05, 4.69) is 24.4 Å². The number of hydrogen-bond donors (Lipinski definition) is 1. The van der Waals surface area contributed by atoms with Crippen molar-refractivity contribution in [1.29, 1.82) is 0 Å². The van der Waals surface area contributed by atoms with E-state index in [1.807, 2.05) is 17.0 Å². The summed E-state index contributed by atoms with van der Waals surface area (Å²) in [5.41, 5.74) is 1.34. The third kappa shape index (κ3) is 4.71. The maximum atomic E-state index is 12.4. The average Bonchev–Trinajstić information content (AvgIpc) is 2.61. The Morgan fingerprint density at radius 3 is 2.35 bits per heavy atom. The van der Waals surface area contributed by atoms with Crippen molar-refractivity contribution in [3.05, 3.63) is 34.9 Å². The van der Waals surface area contributed by atoms with Crippen molar-refractivity contribution in [2.75, 3.05) is 31.1 Å². The lowest BCUT2D eigenvalue weighted by molar-refractivity contribution is 0.161. The molecule has 1 N–H and O–H groups in total. The molecule has 0 bridgehead atoms. The highest BCUT2D eigenvalue weighted by atomic mass is 35.5. The highest BCUT2D eigenvalue weighted by molar-refractivity contribution is 7.91. The highest BCUT2D eigenvalue weighted by Gasteiger charge is 2.33. The Labute approximate surface area is 161 Å². The minimum Gasteiger partial charge on any atom is -0.338 e. The van der Waals surface area contributed by atoms with Gasteiger partial charge in [0.15, 0.2) is 0 Å². The standard InChI is InChI=1S/C19H27ClN2O3S/c1-19(16-2-4-17(20)5-3-16)8-10-22(11-9-19)18(23)21-14-15-6-12-26(24,25)13-7-15/h2-5,15H,6-14H2,1H3,(H,21,23). The summed E-state index contributed by atoms with van der Waals surface area (Å²) < 4.78 is 23.0. The van der Waals surface area contributed by atoms with Crippen LogP contribution in [0.25, 0.3) is 0 Å². The van der Waals surface area contributed by atoms with E-state index in [0.717, 1.165) is 31.0 Å². The molecule has 2 heterocycles. The molecule has 0 aromatic heterocycles. The number of carbonyl (C=O) groups excluding carboxylic acids is 1. The Morgan fingerprint density at radius 2 is 1.77 bits per heavy atom. The van der Waals surface area contributed by atoms with Crippen LogP contribution in [0.5, 0.6) is 0 Å². The largest absolute Gasteiger partial charge is 0.338 e. The molecule has 2 aliphatic rings. The number of nitrogens with zero attached hydrogens (tertiary/aromatic N) is 1. The molecule has 1 aromatic carbocycles. The van der Waals surface area contributed by atoms with Gasteiger partial charge in [0.1, 0.15) is 9.84 Å². The summed E-state index contributed by atoms with van der Waals surface area (Å²) in [6.45, 7) is 4.27. The van der Waals surface area contributed by atoms with Crippen LogP contribution in [-0.2, 0) is 15.3 Å². The summed E-state index contributed by atoms with van der Waals surface area (Å²) in [7, 11) is -2.85. The predicted octanol–water partition coefficient (Wildman–Crippen LogP) is 3.23. The maximum Gasteiger partial charge on any atom is 0.317 e. The zero-order chi connectivity index (χ0) is 18.8. The van der Waals surface area contributed by atoms with Crippen LogP contribution in [-0.4, -0.2) is 50.5 Å². The summed E-state index contributed by atoms with van der Waals surface area (Å²) in [5, 5.41) is 3.74. The number of benzene rings is 1. The van der Waals surface area contributed by atoms with E-state index in [1.54, 1.807) is 0 Å². The third-order valence-corrected chi connectivity index (χ3v) is 7.88. The molecule has 0 atom stereocenters. The van der Waals surface area contributed by atoms with E-state index in [0.29, 0.717) is 19.4 Å². The second-order valence-electron chi connectivity index (χ2n) is 7.84. The van der Waals surface area contributed by atoms with Crippen molar-refractivity contribution in [3.8, 4) is 0 Å². The monoisotopic (exact) mass is 398 g/mol. The summed E-state index contributed by atoms with van der Waals surface area (Å²) in [6.07, 6.45) is 3.14. The number of amides is 2. The molecule has 7 heteroatoms. The SMILES string of the molecule is CC1(c2ccc(Cl)cc2)CCN(C(=O)NCC2CCS(=O)(=O)CC2)CC1. The molecular formula is C19H27ClN2O3S. The number of carbonyl (C=O) groups is 1. The lowest BCUT2D eigenvalue weighted by Crippen LogP contribution is -2.49. The molecule has 2 saturated heterocycles. The number of halogens is 1. The molecule has 2 amide bonds. The molecule has 2 fully saturated rings. The first-order valence-corrected chi connectivity index (χ1v) is 11.5. The van der Waals surface area contributed by atoms with Gasteiger partial charge in [-0.05, 0) is 54.7 Å². The fraction of sp³-hybridized carbons (Fsp3) is 0.632. The molecule has 144 valence electrons. The summed E-state index contributed by atoms with van der Waals surface area (Å²) in [6, 6.07) is 7.97. The van der Waals surface area contributed by atoms with Crippen LogP contribution in [0.2, 0.25) is 5.02 Å². The molecule has 0 saturated carbocycles. The number of hydrogen-bond acceptors (Lipinski definition) is 3. The highest BCUT2D eigenvalue weighted by Crippen LogP contribution is 2.35. The van der Waals surface area contributed by atoms with Gasteiger partial charge in [-0.1, -0.05) is 30.7 Å². The maximum absolute atomic E-state index is 12.4. The molecule has 2 aliphatic heterocycles. The number of rotatable bonds is 3. The van der Waals surface area contributed by atoms with Crippen molar-refractivity contribution in [1.82, 2.24) is 10.2 Å². The van der Waals surface area contributed by atoms with Crippen LogP contribution in [0.4, 0.5) is 4.79 Å². The second-order valence-corrected chi connectivity index (χ2v) is 10.6. The van der Waals surface area contributed by atoms with Crippen LogP contribution >= 0.6 is 11.6 Å². The van der Waals surface area contributed by atoms with Gasteiger partial charge in [-0.2, -0.15) is 0 Å². The van der Waals surface area contributed by atoms with Crippen molar-refractivity contribution in [2.24, 2.45) is 5.92 Å². The van der Waals surface area contributed by atoms with Crippen molar-refractivity contribution < 1.29 is 13.2 Å². The predicted molar refractivity (Wildman–Crippen MR) is 104 cm³/mol. The average molecular weight is 399 g/mol. The number of nitrogens with one attached hydrogen (secondary N) is 1. The van der Waals surface area contributed by atoms with Gasteiger partial charge in [0.25, 0.3) is 0 Å². The number of piperidine rings is 1. The zero-order valence-electron chi connectivity index (χ0n) is 15.2. The van der Waals surface area contributed by atoms with Gasteiger partial charge in [0, 0.05) is 24.7 Å². The van der Waals surface area contributed by atoms with Gasteiger partial charge in [-0.3, -0.25) is 0 Å². The van der Waals surface area contributed by atoms with E-state index in [1.165, 1.54) is 5.56 Å². The molecular weight excluding hydrogens is 372 g/mol. The first-order valence-electron chi connectivity index (χ1n) is 9.27. The third-order valence-electron chi connectivity index (χ3n) is 5.91.